The SMILES string of the molecule is CCOc1ccc(-c2c(C)sc3nc(Cl)nc(N4CCCCC4CCO)c23)cc1. The maximum Gasteiger partial charge on any atom is 0.225 e. The van der Waals surface area contributed by atoms with E-state index in [1.54, 1.807) is 11.3 Å². The second-order valence-electron chi connectivity index (χ2n) is 7.34. The van der Waals surface area contributed by atoms with Crippen molar-refractivity contribution < 1.29 is 9.84 Å². The first-order chi connectivity index (χ1) is 14.1. The highest BCUT2D eigenvalue weighted by Gasteiger charge is 2.28. The molecule has 29 heavy (non-hydrogen) atoms. The number of benzene rings is 1. The summed E-state index contributed by atoms with van der Waals surface area (Å²) in [6, 6.07) is 8.48. The average molecular weight is 432 g/mol. The molecule has 1 fully saturated rings. The molecule has 1 aliphatic rings. The standard InChI is InChI=1S/C22H26ClN3O2S/c1-3-28-17-9-7-15(8-10-17)18-14(2)29-21-19(18)20(24-22(23)25-21)26-12-5-4-6-16(26)11-13-27/h7-10,16,27H,3-6,11-13H2,1-2H3. The number of thiophene rings is 1. The smallest absolute Gasteiger partial charge is 0.225 e. The van der Waals surface area contributed by atoms with E-state index in [1.807, 2.05) is 19.1 Å². The third kappa shape index (κ3) is 4.06. The van der Waals surface area contributed by atoms with E-state index in [1.165, 1.54) is 11.3 Å². The number of hydrogen-bond acceptors (Lipinski definition) is 6. The van der Waals surface area contributed by atoms with Crippen molar-refractivity contribution in [3.05, 3.63) is 34.4 Å². The number of hydrogen-bond donors (Lipinski definition) is 1. The second-order valence-corrected chi connectivity index (χ2v) is 8.88. The van der Waals surface area contributed by atoms with Gasteiger partial charge in [-0.2, -0.15) is 4.98 Å². The Hall–Kier alpha value is -1.89. The summed E-state index contributed by atoms with van der Waals surface area (Å²) in [5, 5.41) is 10.9. The Balaban J connectivity index is 1.86. The second kappa shape index (κ2) is 8.86. The first kappa shape index (κ1) is 20.4. The van der Waals surface area contributed by atoms with Gasteiger partial charge in [0.2, 0.25) is 5.28 Å². The normalized spacial score (nSPS) is 17.1. The maximum absolute atomic E-state index is 9.56. The van der Waals surface area contributed by atoms with E-state index >= 15 is 0 Å². The minimum Gasteiger partial charge on any atom is -0.494 e. The van der Waals surface area contributed by atoms with Crippen molar-refractivity contribution in [1.29, 1.82) is 0 Å². The molecule has 5 nitrogen and oxygen atoms in total. The molecule has 1 aromatic carbocycles. The fourth-order valence-corrected chi connectivity index (χ4v) is 5.49. The lowest BCUT2D eigenvalue weighted by atomic mass is 9.98. The fraction of sp³-hybridized carbons (Fsp3) is 0.455. The number of ether oxygens (including phenoxy) is 1. The molecule has 0 spiro atoms. The maximum atomic E-state index is 9.56. The highest BCUT2D eigenvalue weighted by molar-refractivity contribution is 7.19. The molecule has 0 aliphatic carbocycles. The molecule has 0 saturated carbocycles. The van der Waals surface area contributed by atoms with Crippen LogP contribution in [0.1, 0.15) is 37.5 Å². The van der Waals surface area contributed by atoms with E-state index in [0.717, 1.165) is 58.7 Å². The van der Waals surface area contributed by atoms with E-state index in [4.69, 9.17) is 16.3 Å². The molecular formula is C22H26ClN3O2S. The summed E-state index contributed by atoms with van der Waals surface area (Å²) >= 11 is 7.97. The van der Waals surface area contributed by atoms with Gasteiger partial charge in [0.05, 0.1) is 12.0 Å². The van der Waals surface area contributed by atoms with Crippen molar-refractivity contribution >= 4 is 39.0 Å². The predicted molar refractivity (Wildman–Crippen MR) is 120 cm³/mol. The first-order valence-electron chi connectivity index (χ1n) is 10.2. The Bertz CT molecular complexity index is 988. The number of rotatable bonds is 6. The van der Waals surface area contributed by atoms with Crippen LogP contribution in [-0.4, -0.2) is 40.9 Å². The van der Waals surface area contributed by atoms with Crippen LogP contribution in [-0.2, 0) is 0 Å². The van der Waals surface area contributed by atoms with Crippen molar-refractivity contribution in [3.63, 3.8) is 0 Å². The summed E-state index contributed by atoms with van der Waals surface area (Å²) in [6.45, 7) is 5.86. The van der Waals surface area contributed by atoms with Gasteiger partial charge in [-0.1, -0.05) is 12.1 Å². The number of aliphatic hydroxyl groups is 1. The molecule has 0 radical (unpaired) electrons. The van der Waals surface area contributed by atoms with Crippen LogP contribution in [0.4, 0.5) is 5.82 Å². The summed E-state index contributed by atoms with van der Waals surface area (Å²) in [7, 11) is 0. The predicted octanol–water partition coefficient (Wildman–Crippen LogP) is 5.46. The number of nitrogens with zero attached hydrogens (tertiary/aromatic N) is 3. The minimum absolute atomic E-state index is 0.178. The molecule has 2 aromatic heterocycles. The van der Waals surface area contributed by atoms with Gasteiger partial charge in [0.15, 0.2) is 0 Å². The number of aryl methyl sites for hydroxylation is 1. The molecule has 0 amide bonds. The Morgan fingerprint density at radius 2 is 2.03 bits per heavy atom. The summed E-state index contributed by atoms with van der Waals surface area (Å²) in [6.07, 6.45) is 4.10. The van der Waals surface area contributed by atoms with Gasteiger partial charge < -0.3 is 14.7 Å². The van der Waals surface area contributed by atoms with Gasteiger partial charge in [0.1, 0.15) is 16.4 Å². The molecule has 0 bridgehead atoms. The molecule has 1 unspecified atom stereocenters. The fourth-order valence-electron chi connectivity index (χ4n) is 4.24. The highest BCUT2D eigenvalue weighted by atomic mass is 35.5. The number of aromatic nitrogens is 2. The monoisotopic (exact) mass is 431 g/mol. The van der Waals surface area contributed by atoms with Gasteiger partial charge in [-0.15, -0.1) is 11.3 Å². The Morgan fingerprint density at radius 3 is 2.76 bits per heavy atom. The highest BCUT2D eigenvalue weighted by Crippen LogP contribution is 2.43. The van der Waals surface area contributed by atoms with Crippen LogP contribution in [0.15, 0.2) is 24.3 Å². The van der Waals surface area contributed by atoms with E-state index in [9.17, 15) is 5.11 Å². The minimum atomic E-state index is 0.178. The molecule has 154 valence electrons. The number of aliphatic hydroxyl groups excluding tert-OH is 1. The number of fused-ring (bicyclic) bond motifs is 1. The van der Waals surface area contributed by atoms with Crippen LogP contribution in [0, 0.1) is 6.92 Å². The van der Waals surface area contributed by atoms with Gasteiger partial charge in [-0.05, 0) is 68.8 Å². The molecule has 7 heteroatoms. The summed E-state index contributed by atoms with van der Waals surface area (Å²) < 4.78 is 5.60. The molecule has 3 heterocycles. The lowest BCUT2D eigenvalue weighted by molar-refractivity contribution is 0.262. The van der Waals surface area contributed by atoms with Gasteiger partial charge >= 0.3 is 0 Å². The average Bonchev–Trinajstić information content (AvgIpc) is 3.04. The molecule has 4 rings (SSSR count). The van der Waals surface area contributed by atoms with Crippen LogP contribution < -0.4 is 9.64 Å². The molecular weight excluding hydrogens is 406 g/mol. The molecule has 3 aromatic rings. The summed E-state index contributed by atoms with van der Waals surface area (Å²) in [5.41, 5.74) is 2.29. The topological polar surface area (TPSA) is 58.5 Å². The van der Waals surface area contributed by atoms with Crippen molar-refractivity contribution in [2.24, 2.45) is 0 Å². The van der Waals surface area contributed by atoms with Crippen LogP contribution in [0.3, 0.4) is 0 Å². The third-order valence-corrected chi connectivity index (χ3v) is 6.66. The van der Waals surface area contributed by atoms with E-state index in [2.05, 4.69) is 33.9 Å². The van der Waals surface area contributed by atoms with E-state index in [-0.39, 0.29) is 17.9 Å². The Morgan fingerprint density at radius 1 is 1.24 bits per heavy atom. The number of anilines is 1. The quantitative estimate of drug-likeness (QED) is 0.525. The Kier molecular flexibility index (Phi) is 6.23. The largest absolute Gasteiger partial charge is 0.494 e. The van der Waals surface area contributed by atoms with Crippen LogP contribution in [0.25, 0.3) is 21.3 Å². The lowest BCUT2D eigenvalue weighted by Gasteiger charge is -2.37. The van der Waals surface area contributed by atoms with Crippen molar-refractivity contribution in [2.45, 2.75) is 45.6 Å². The zero-order chi connectivity index (χ0) is 20.4. The third-order valence-electron chi connectivity index (χ3n) is 5.50. The van der Waals surface area contributed by atoms with Gasteiger partial charge in [-0.3, -0.25) is 0 Å². The Labute approximate surface area is 180 Å². The van der Waals surface area contributed by atoms with Crippen molar-refractivity contribution in [1.82, 2.24) is 9.97 Å². The molecule has 1 N–H and O–H groups in total. The van der Waals surface area contributed by atoms with Gasteiger partial charge in [-0.25, -0.2) is 4.98 Å². The van der Waals surface area contributed by atoms with Crippen molar-refractivity contribution in [3.8, 4) is 16.9 Å². The number of piperidine rings is 1. The van der Waals surface area contributed by atoms with Crippen LogP contribution in [0.5, 0.6) is 5.75 Å². The molecule has 1 saturated heterocycles. The lowest BCUT2D eigenvalue weighted by Crippen LogP contribution is -2.40. The summed E-state index contributed by atoms with van der Waals surface area (Å²) in [5.74, 6) is 1.76. The molecule has 1 atom stereocenters. The zero-order valence-electron chi connectivity index (χ0n) is 16.8. The summed E-state index contributed by atoms with van der Waals surface area (Å²) in [4.78, 5) is 13.7. The van der Waals surface area contributed by atoms with Crippen LogP contribution >= 0.6 is 22.9 Å². The zero-order valence-corrected chi connectivity index (χ0v) is 18.4. The van der Waals surface area contributed by atoms with E-state index < -0.39 is 0 Å². The van der Waals surface area contributed by atoms with Gasteiger partial charge in [0.25, 0.3) is 0 Å². The molecule has 1 aliphatic heterocycles. The van der Waals surface area contributed by atoms with Crippen molar-refractivity contribution in [2.75, 3.05) is 24.7 Å². The van der Waals surface area contributed by atoms with E-state index in [0.29, 0.717) is 6.61 Å². The van der Waals surface area contributed by atoms with Crippen LogP contribution in [0.2, 0.25) is 5.28 Å². The van der Waals surface area contributed by atoms with Gasteiger partial charge in [0, 0.05) is 29.6 Å². The number of halogens is 1. The first-order valence-corrected chi connectivity index (χ1v) is 11.4.